The minimum Gasteiger partial charge on any atom is -0.330 e. The molecule has 0 fully saturated rings. The maximum atomic E-state index is 5.69. The van der Waals surface area contributed by atoms with E-state index >= 15 is 0 Å². The summed E-state index contributed by atoms with van der Waals surface area (Å²) >= 11 is 0. The molecule has 0 saturated carbocycles. The second kappa shape index (κ2) is 7.55. The number of rotatable bonds is 7. The molecule has 0 radical (unpaired) electrons. The molecule has 1 unspecified atom stereocenters. The van der Waals surface area contributed by atoms with Crippen LogP contribution in [0.15, 0.2) is 24.3 Å². The topological polar surface area (TPSA) is 29.3 Å². The molecule has 0 aliphatic heterocycles. The van der Waals surface area contributed by atoms with Crippen LogP contribution in [-0.2, 0) is 6.54 Å². The smallest absolute Gasteiger partial charge is 0.0236 e. The third kappa shape index (κ3) is 4.43. The van der Waals surface area contributed by atoms with Crippen molar-refractivity contribution >= 4 is 0 Å². The average Bonchev–Trinajstić information content (AvgIpc) is 2.38. The Bertz CT molecular complexity index is 329. The largest absolute Gasteiger partial charge is 0.330 e. The zero-order chi connectivity index (χ0) is 13.5. The normalized spacial score (nSPS) is 13.3. The first-order valence-electron chi connectivity index (χ1n) is 7.11. The Labute approximate surface area is 112 Å². The first-order chi connectivity index (χ1) is 8.58. The van der Waals surface area contributed by atoms with E-state index in [-0.39, 0.29) is 0 Å². The maximum Gasteiger partial charge on any atom is 0.0236 e. The van der Waals surface area contributed by atoms with Crippen molar-refractivity contribution in [2.45, 2.75) is 52.6 Å². The van der Waals surface area contributed by atoms with Gasteiger partial charge in [0.25, 0.3) is 0 Å². The molecule has 1 rings (SSSR count). The molecule has 102 valence electrons. The van der Waals surface area contributed by atoms with Crippen LogP contribution < -0.4 is 5.73 Å². The molecule has 1 atom stereocenters. The average molecular weight is 248 g/mol. The van der Waals surface area contributed by atoms with Crippen molar-refractivity contribution in [2.75, 3.05) is 13.1 Å². The van der Waals surface area contributed by atoms with E-state index in [0.29, 0.717) is 18.5 Å². The first-order valence-corrected chi connectivity index (χ1v) is 7.11. The molecule has 0 bridgehead atoms. The van der Waals surface area contributed by atoms with E-state index in [2.05, 4.69) is 56.9 Å². The van der Waals surface area contributed by atoms with Gasteiger partial charge in [-0.1, -0.05) is 38.1 Å². The number of hydrogen-bond acceptors (Lipinski definition) is 2. The predicted molar refractivity (Wildman–Crippen MR) is 79.7 cm³/mol. The molecule has 2 N–H and O–H groups in total. The van der Waals surface area contributed by atoms with Gasteiger partial charge in [-0.3, -0.25) is 4.90 Å². The zero-order valence-electron chi connectivity index (χ0n) is 12.3. The lowest BCUT2D eigenvalue weighted by Crippen LogP contribution is -2.30. The molecule has 0 saturated heterocycles. The van der Waals surface area contributed by atoms with Crippen LogP contribution in [0.5, 0.6) is 0 Å². The Balaban J connectivity index is 2.67. The number of hydrogen-bond donors (Lipinski definition) is 1. The van der Waals surface area contributed by atoms with Gasteiger partial charge in [-0.25, -0.2) is 0 Å². The summed E-state index contributed by atoms with van der Waals surface area (Å²) in [5.74, 6) is 0.455. The molecular weight excluding hydrogens is 220 g/mol. The van der Waals surface area contributed by atoms with Crippen LogP contribution in [0.2, 0.25) is 0 Å². The summed E-state index contributed by atoms with van der Waals surface area (Å²) in [6.45, 7) is 11.9. The van der Waals surface area contributed by atoms with Crippen molar-refractivity contribution in [3.05, 3.63) is 35.4 Å². The number of nitrogens with zero attached hydrogens (tertiary/aromatic N) is 1. The van der Waals surface area contributed by atoms with Gasteiger partial charge < -0.3 is 5.73 Å². The quantitative estimate of drug-likeness (QED) is 0.801. The van der Waals surface area contributed by atoms with Crippen LogP contribution in [0.4, 0.5) is 0 Å². The molecule has 0 heterocycles. The van der Waals surface area contributed by atoms with Gasteiger partial charge in [-0.15, -0.1) is 0 Å². The van der Waals surface area contributed by atoms with Gasteiger partial charge in [-0.05, 0) is 50.4 Å². The van der Waals surface area contributed by atoms with Crippen molar-refractivity contribution in [3.63, 3.8) is 0 Å². The lowest BCUT2D eigenvalue weighted by molar-refractivity contribution is 0.213. The Morgan fingerprint density at radius 1 is 1.11 bits per heavy atom. The molecular formula is C16H28N2. The van der Waals surface area contributed by atoms with Crippen molar-refractivity contribution in [1.29, 1.82) is 0 Å². The highest BCUT2D eigenvalue weighted by Gasteiger charge is 2.09. The highest BCUT2D eigenvalue weighted by Crippen LogP contribution is 2.16. The van der Waals surface area contributed by atoms with E-state index in [0.717, 1.165) is 6.54 Å². The van der Waals surface area contributed by atoms with Gasteiger partial charge in [0.15, 0.2) is 0 Å². The van der Waals surface area contributed by atoms with Crippen molar-refractivity contribution in [3.8, 4) is 0 Å². The Hall–Kier alpha value is -0.860. The summed E-state index contributed by atoms with van der Waals surface area (Å²) < 4.78 is 0. The predicted octanol–water partition coefficient (Wildman–Crippen LogP) is 3.37. The first kappa shape index (κ1) is 15.2. The molecule has 0 spiro atoms. The van der Waals surface area contributed by atoms with Gasteiger partial charge >= 0.3 is 0 Å². The fraction of sp³-hybridized carbons (Fsp3) is 0.625. The SMILES string of the molecule is CCCN(Cc1ccc(C(C)CN)cc1)C(C)C. The monoisotopic (exact) mass is 248 g/mol. The van der Waals surface area contributed by atoms with E-state index in [1.54, 1.807) is 0 Å². The third-order valence-corrected chi connectivity index (χ3v) is 3.53. The van der Waals surface area contributed by atoms with Gasteiger partial charge in [-0.2, -0.15) is 0 Å². The highest BCUT2D eigenvalue weighted by atomic mass is 15.1. The molecule has 1 aromatic carbocycles. The van der Waals surface area contributed by atoms with Crippen molar-refractivity contribution in [2.24, 2.45) is 5.73 Å². The van der Waals surface area contributed by atoms with Crippen LogP contribution in [-0.4, -0.2) is 24.0 Å². The second-order valence-electron chi connectivity index (χ2n) is 5.44. The van der Waals surface area contributed by atoms with Crippen LogP contribution in [0.25, 0.3) is 0 Å². The highest BCUT2D eigenvalue weighted by molar-refractivity contribution is 5.25. The lowest BCUT2D eigenvalue weighted by Gasteiger charge is -2.26. The molecule has 0 aromatic heterocycles. The zero-order valence-corrected chi connectivity index (χ0v) is 12.3. The lowest BCUT2D eigenvalue weighted by atomic mass is 10.00. The molecule has 2 nitrogen and oxygen atoms in total. The van der Waals surface area contributed by atoms with E-state index in [1.165, 1.54) is 24.1 Å². The Morgan fingerprint density at radius 3 is 2.17 bits per heavy atom. The van der Waals surface area contributed by atoms with Gasteiger partial charge in [0, 0.05) is 12.6 Å². The van der Waals surface area contributed by atoms with Gasteiger partial charge in [0.1, 0.15) is 0 Å². The van der Waals surface area contributed by atoms with E-state index in [4.69, 9.17) is 5.73 Å². The van der Waals surface area contributed by atoms with Crippen LogP contribution >= 0.6 is 0 Å². The van der Waals surface area contributed by atoms with E-state index < -0.39 is 0 Å². The second-order valence-corrected chi connectivity index (χ2v) is 5.44. The molecule has 18 heavy (non-hydrogen) atoms. The minimum absolute atomic E-state index is 0.455. The Kier molecular flexibility index (Phi) is 6.37. The number of benzene rings is 1. The van der Waals surface area contributed by atoms with E-state index in [9.17, 15) is 0 Å². The number of nitrogens with two attached hydrogens (primary N) is 1. The fourth-order valence-electron chi connectivity index (χ4n) is 2.13. The standard InChI is InChI=1S/C16H28N2/c1-5-10-18(13(2)3)12-15-6-8-16(9-7-15)14(4)11-17/h6-9,13-14H,5,10-12,17H2,1-4H3. The molecule has 0 amide bonds. The molecule has 1 aromatic rings. The van der Waals surface area contributed by atoms with Crippen molar-refractivity contribution in [1.82, 2.24) is 4.90 Å². The van der Waals surface area contributed by atoms with E-state index in [1.807, 2.05) is 0 Å². The summed E-state index contributed by atoms with van der Waals surface area (Å²) in [6.07, 6.45) is 1.21. The van der Waals surface area contributed by atoms with Crippen LogP contribution in [0.3, 0.4) is 0 Å². The fourth-order valence-corrected chi connectivity index (χ4v) is 2.13. The summed E-state index contributed by atoms with van der Waals surface area (Å²) in [4.78, 5) is 2.52. The molecule has 0 aliphatic carbocycles. The summed E-state index contributed by atoms with van der Waals surface area (Å²) in [6, 6.07) is 9.53. The maximum absolute atomic E-state index is 5.69. The van der Waals surface area contributed by atoms with Crippen LogP contribution in [0, 0.1) is 0 Å². The van der Waals surface area contributed by atoms with Gasteiger partial charge in [0.05, 0.1) is 0 Å². The third-order valence-electron chi connectivity index (χ3n) is 3.53. The summed E-state index contributed by atoms with van der Waals surface area (Å²) in [5.41, 5.74) is 8.43. The minimum atomic E-state index is 0.455. The summed E-state index contributed by atoms with van der Waals surface area (Å²) in [7, 11) is 0. The molecule has 0 aliphatic rings. The van der Waals surface area contributed by atoms with Gasteiger partial charge in [0.2, 0.25) is 0 Å². The molecule has 2 heteroatoms. The summed E-state index contributed by atoms with van der Waals surface area (Å²) in [5, 5.41) is 0. The Morgan fingerprint density at radius 2 is 1.72 bits per heavy atom. The van der Waals surface area contributed by atoms with Crippen LogP contribution in [0.1, 0.15) is 51.2 Å². The van der Waals surface area contributed by atoms with Crippen molar-refractivity contribution < 1.29 is 0 Å².